The fraction of sp³-hybridized carbons (Fsp3) is 0.294. The van der Waals surface area contributed by atoms with Crippen LogP contribution in [0.2, 0.25) is 0 Å². The number of carbonyl (C=O) groups is 1. The summed E-state index contributed by atoms with van der Waals surface area (Å²) in [5, 5.41) is 3.02. The van der Waals surface area contributed by atoms with Crippen molar-refractivity contribution in [3.05, 3.63) is 48.5 Å². The highest BCUT2D eigenvalue weighted by Gasteiger charge is 2.19. The number of amides is 1. The molecule has 3 aromatic rings. The first-order valence-electron chi connectivity index (χ1n) is 7.56. The lowest BCUT2D eigenvalue weighted by Gasteiger charge is -2.18. The number of aromatic amines is 1. The first-order chi connectivity index (χ1) is 11.2. The molecule has 1 aromatic carbocycles. The van der Waals surface area contributed by atoms with E-state index in [-0.39, 0.29) is 11.9 Å². The molecule has 0 spiro atoms. The maximum atomic E-state index is 12.7. The summed E-state index contributed by atoms with van der Waals surface area (Å²) in [4.78, 5) is 20.3. The van der Waals surface area contributed by atoms with Gasteiger partial charge < -0.3 is 14.9 Å². The van der Waals surface area contributed by atoms with Crippen LogP contribution in [0.3, 0.4) is 0 Å². The predicted octanol–water partition coefficient (Wildman–Crippen LogP) is 3.61. The Bertz CT molecular complexity index is 794. The molecule has 2 N–H and O–H groups in total. The average molecular weight is 328 g/mol. The van der Waals surface area contributed by atoms with Gasteiger partial charge in [0.2, 0.25) is 5.91 Å². The van der Waals surface area contributed by atoms with Crippen molar-refractivity contribution in [2.75, 3.05) is 17.3 Å². The summed E-state index contributed by atoms with van der Waals surface area (Å²) in [6, 6.07) is 9.42. The minimum atomic E-state index is -0.198. The van der Waals surface area contributed by atoms with E-state index in [1.165, 1.54) is 0 Å². The van der Waals surface area contributed by atoms with Crippen LogP contribution < -0.4 is 5.32 Å². The van der Waals surface area contributed by atoms with Crippen LogP contribution in [0.1, 0.15) is 18.3 Å². The summed E-state index contributed by atoms with van der Waals surface area (Å²) in [7, 11) is 0. The summed E-state index contributed by atoms with van der Waals surface area (Å²) in [6.45, 7) is 1.92. The van der Waals surface area contributed by atoms with Gasteiger partial charge in [-0.3, -0.25) is 4.79 Å². The molecule has 0 aliphatic rings. The van der Waals surface area contributed by atoms with E-state index in [4.69, 9.17) is 0 Å². The molecule has 0 bridgehead atoms. The van der Waals surface area contributed by atoms with Gasteiger partial charge in [-0.15, -0.1) is 0 Å². The number of hydrogen-bond donors (Lipinski definition) is 2. The molecular formula is C17H20N4OS. The summed E-state index contributed by atoms with van der Waals surface area (Å²) in [5.41, 5.74) is 2.62. The van der Waals surface area contributed by atoms with Crippen molar-refractivity contribution in [3.8, 4) is 0 Å². The molecule has 2 heterocycles. The van der Waals surface area contributed by atoms with E-state index in [1.54, 1.807) is 11.8 Å². The van der Waals surface area contributed by atoms with Crippen LogP contribution in [-0.2, 0) is 4.79 Å². The molecular weight excluding hydrogens is 308 g/mol. The van der Waals surface area contributed by atoms with Crippen molar-refractivity contribution in [1.29, 1.82) is 0 Å². The average Bonchev–Trinajstić information content (AvgIpc) is 3.16. The molecule has 0 unspecified atom stereocenters. The molecule has 2 aromatic heterocycles. The lowest BCUT2D eigenvalue weighted by molar-refractivity contribution is -0.119. The largest absolute Gasteiger partial charge is 0.342 e. The predicted molar refractivity (Wildman–Crippen MR) is 95.9 cm³/mol. The second kappa shape index (κ2) is 6.91. The van der Waals surface area contributed by atoms with Gasteiger partial charge in [0, 0.05) is 18.1 Å². The Hall–Kier alpha value is -2.21. The number of aromatic nitrogens is 3. The van der Waals surface area contributed by atoms with Crippen LogP contribution in [0, 0.1) is 6.92 Å². The third kappa shape index (κ3) is 3.59. The number of nitrogens with zero attached hydrogens (tertiary/aromatic N) is 2. The van der Waals surface area contributed by atoms with Crippen LogP contribution in [0.4, 0.5) is 5.69 Å². The zero-order valence-corrected chi connectivity index (χ0v) is 14.1. The van der Waals surface area contributed by atoms with Crippen molar-refractivity contribution in [2.24, 2.45) is 0 Å². The lowest BCUT2D eigenvalue weighted by Crippen LogP contribution is -2.25. The molecule has 0 aliphatic heterocycles. The maximum absolute atomic E-state index is 12.7. The number of aryl methyl sites for hydroxylation is 1. The highest BCUT2D eigenvalue weighted by atomic mass is 32.2. The SMILES string of the molecule is CSCC[C@H](C(=O)Nc1ccc2nc(C)[nH]c2c1)n1cccc1. The molecule has 0 radical (unpaired) electrons. The number of benzene rings is 1. The molecule has 120 valence electrons. The number of nitrogens with one attached hydrogen (secondary N) is 2. The first-order valence-corrected chi connectivity index (χ1v) is 8.95. The Morgan fingerprint density at radius 2 is 2.17 bits per heavy atom. The summed E-state index contributed by atoms with van der Waals surface area (Å²) in [6.07, 6.45) is 6.73. The van der Waals surface area contributed by atoms with E-state index in [9.17, 15) is 4.79 Å². The number of imidazole rings is 1. The van der Waals surface area contributed by atoms with Gasteiger partial charge in [0.25, 0.3) is 0 Å². The third-order valence-corrected chi connectivity index (χ3v) is 4.40. The Morgan fingerprint density at radius 3 is 2.91 bits per heavy atom. The van der Waals surface area contributed by atoms with Crippen molar-refractivity contribution >= 4 is 34.4 Å². The standard InChI is InChI=1S/C17H20N4OS/c1-12-18-14-6-5-13(11-15(14)19-12)20-17(22)16(7-10-23-2)21-8-3-4-9-21/h3-6,8-9,11,16H,7,10H2,1-2H3,(H,18,19)(H,20,22)/t16-/m1/s1. The number of carbonyl (C=O) groups excluding carboxylic acids is 1. The fourth-order valence-electron chi connectivity index (χ4n) is 2.64. The quantitative estimate of drug-likeness (QED) is 0.726. The van der Waals surface area contributed by atoms with Crippen LogP contribution in [0.5, 0.6) is 0 Å². The van der Waals surface area contributed by atoms with E-state index in [0.29, 0.717) is 0 Å². The molecule has 23 heavy (non-hydrogen) atoms. The van der Waals surface area contributed by atoms with Crippen LogP contribution in [0.15, 0.2) is 42.7 Å². The highest BCUT2D eigenvalue weighted by Crippen LogP contribution is 2.21. The molecule has 5 nitrogen and oxygen atoms in total. The Kier molecular flexibility index (Phi) is 4.71. The molecule has 1 atom stereocenters. The molecule has 0 fully saturated rings. The monoisotopic (exact) mass is 328 g/mol. The second-order valence-corrected chi connectivity index (χ2v) is 6.46. The van der Waals surface area contributed by atoms with Gasteiger partial charge in [-0.05, 0) is 55.7 Å². The Balaban J connectivity index is 1.79. The number of fused-ring (bicyclic) bond motifs is 1. The van der Waals surface area contributed by atoms with Gasteiger partial charge >= 0.3 is 0 Å². The number of thioether (sulfide) groups is 1. The van der Waals surface area contributed by atoms with E-state index in [0.717, 1.165) is 34.7 Å². The van der Waals surface area contributed by atoms with Gasteiger partial charge in [-0.25, -0.2) is 4.98 Å². The van der Waals surface area contributed by atoms with Crippen molar-refractivity contribution in [2.45, 2.75) is 19.4 Å². The normalized spacial score (nSPS) is 12.4. The van der Waals surface area contributed by atoms with Gasteiger partial charge in [0.1, 0.15) is 11.9 Å². The van der Waals surface area contributed by atoms with E-state index < -0.39 is 0 Å². The molecule has 1 amide bonds. The first kappa shape index (κ1) is 15.7. The zero-order valence-electron chi connectivity index (χ0n) is 13.2. The Labute approximate surface area is 139 Å². The Morgan fingerprint density at radius 1 is 1.39 bits per heavy atom. The lowest BCUT2D eigenvalue weighted by atomic mass is 10.2. The van der Waals surface area contributed by atoms with Crippen molar-refractivity contribution < 1.29 is 4.79 Å². The molecule has 0 aliphatic carbocycles. The second-order valence-electron chi connectivity index (χ2n) is 5.47. The minimum absolute atomic E-state index is 0.00540. The van der Waals surface area contributed by atoms with Crippen LogP contribution >= 0.6 is 11.8 Å². The zero-order chi connectivity index (χ0) is 16.2. The number of hydrogen-bond acceptors (Lipinski definition) is 3. The van der Waals surface area contributed by atoms with Gasteiger partial charge in [-0.1, -0.05) is 0 Å². The van der Waals surface area contributed by atoms with Gasteiger partial charge in [-0.2, -0.15) is 11.8 Å². The van der Waals surface area contributed by atoms with E-state index >= 15 is 0 Å². The molecule has 0 saturated heterocycles. The molecule has 3 rings (SSSR count). The van der Waals surface area contributed by atoms with E-state index in [1.807, 2.05) is 54.2 Å². The summed E-state index contributed by atoms with van der Waals surface area (Å²) in [5.74, 6) is 1.81. The maximum Gasteiger partial charge on any atom is 0.247 e. The molecule has 6 heteroatoms. The number of anilines is 1. The van der Waals surface area contributed by atoms with Crippen LogP contribution in [-0.4, -0.2) is 32.5 Å². The minimum Gasteiger partial charge on any atom is -0.342 e. The summed E-state index contributed by atoms with van der Waals surface area (Å²) >= 11 is 1.75. The van der Waals surface area contributed by atoms with Gasteiger partial charge in [0.15, 0.2) is 0 Å². The smallest absolute Gasteiger partial charge is 0.247 e. The van der Waals surface area contributed by atoms with Crippen molar-refractivity contribution in [3.63, 3.8) is 0 Å². The third-order valence-electron chi connectivity index (χ3n) is 3.75. The summed E-state index contributed by atoms with van der Waals surface area (Å²) < 4.78 is 1.96. The highest BCUT2D eigenvalue weighted by molar-refractivity contribution is 7.98. The fourth-order valence-corrected chi connectivity index (χ4v) is 3.10. The van der Waals surface area contributed by atoms with Crippen LogP contribution in [0.25, 0.3) is 11.0 Å². The topological polar surface area (TPSA) is 62.7 Å². The van der Waals surface area contributed by atoms with E-state index in [2.05, 4.69) is 21.5 Å². The van der Waals surface area contributed by atoms with Crippen molar-refractivity contribution in [1.82, 2.24) is 14.5 Å². The molecule has 0 saturated carbocycles. The number of rotatable bonds is 6. The number of H-pyrrole nitrogens is 1. The van der Waals surface area contributed by atoms with Gasteiger partial charge in [0.05, 0.1) is 11.0 Å².